The molecule has 0 aromatic heterocycles. The quantitative estimate of drug-likeness (QED) is 0.386. The van der Waals surface area contributed by atoms with Gasteiger partial charge in [-0.1, -0.05) is 24.8 Å². The molecule has 0 aromatic carbocycles. The van der Waals surface area contributed by atoms with E-state index in [2.05, 4.69) is 17.7 Å². The molecule has 0 radical (unpaired) electrons. The minimum atomic E-state index is -0.539. The van der Waals surface area contributed by atoms with Crippen molar-refractivity contribution in [2.24, 2.45) is 0 Å². The summed E-state index contributed by atoms with van der Waals surface area (Å²) in [6.07, 6.45) is 3.42. The van der Waals surface area contributed by atoms with E-state index >= 15 is 0 Å². The van der Waals surface area contributed by atoms with E-state index < -0.39 is 9.03 Å². The Balaban J connectivity index is 3.67. The lowest BCUT2D eigenvalue weighted by molar-refractivity contribution is 0.439. The molecule has 1 atom stereocenters. The average Bonchev–Trinajstić information content (AvgIpc) is 1.85. The van der Waals surface area contributed by atoms with Crippen molar-refractivity contribution >= 4 is 9.03 Å². The highest BCUT2D eigenvalue weighted by Crippen LogP contribution is 2.11. The summed E-state index contributed by atoms with van der Waals surface area (Å²) >= 11 is 0. The minimum Gasteiger partial charge on any atom is -0.451 e. The van der Waals surface area contributed by atoms with E-state index in [0.717, 1.165) is 5.57 Å². The SMILES string of the molecule is C=C(C)/C=C\C(=C)OPO. The summed E-state index contributed by atoms with van der Waals surface area (Å²) in [6, 6.07) is 0. The third-order valence-corrected chi connectivity index (χ3v) is 1.08. The largest absolute Gasteiger partial charge is 0.451 e. The molecule has 10 heavy (non-hydrogen) atoms. The Morgan fingerprint density at radius 3 is 2.50 bits per heavy atom. The maximum Gasteiger partial charge on any atom is 0.212 e. The fraction of sp³-hybridized carbons (Fsp3) is 0.143. The van der Waals surface area contributed by atoms with Gasteiger partial charge in [0.1, 0.15) is 5.76 Å². The molecule has 0 fully saturated rings. The first-order valence-electron chi connectivity index (χ1n) is 2.75. The third-order valence-electron chi connectivity index (χ3n) is 0.730. The summed E-state index contributed by atoms with van der Waals surface area (Å²) < 4.78 is 4.65. The lowest BCUT2D eigenvalue weighted by Gasteiger charge is -1.97. The standard InChI is InChI=1S/C7H11O2P/c1-6(2)4-5-7(3)9-10-8/h4-5,8,10H,1,3H2,2H3/b5-4-. The van der Waals surface area contributed by atoms with Crippen LogP contribution in [-0.2, 0) is 4.52 Å². The van der Waals surface area contributed by atoms with Crippen LogP contribution in [0.4, 0.5) is 0 Å². The molecule has 56 valence electrons. The highest BCUT2D eigenvalue weighted by atomic mass is 31.1. The fourth-order valence-corrected chi connectivity index (χ4v) is 0.513. The molecule has 0 rings (SSSR count). The molecule has 0 saturated heterocycles. The highest BCUT2D eigenvalue weighted by Gasteiger charge is 1.84. The van der Waals surface area contributed by atoms with Gasteiger partial charge in [-0.15, -0.1) is 0 Å². The second kappa shape index (κ2) is 5.21. The first-order valence-corrected chi connectivity index (χ1v) is 3.61. The Kier molecular flexibility index (Phi) is 4.91. The van der Waals surface area contributed by atoms with Crippen LogP contribution in [0.3, 0.4) is 0 Å². The lowest BCUT2D eigenvalue weighted by atomic mass is 10.3. The first kappa shape index (κ1) is 9.41. The zero-order valence-corrected chi connectivity index (χ0v) is 6.92. The van der Waals surface area contributed by atoms with E-state index in [4.69, 9.17) is 4.89 Å². The smallest absolute Gasteiger partial charge is 0.212 e. The van der Waals surface area contributed by atoms with Crippen molar-refractivity contribution in [1.29, 1.82) is 0 Å². The lowest BCUT2D eigenvalue weighted by Crippen LogP contribution is -1.73. The summed E-state index contributed by atoms with van der Waals surface area (Å²) in [4.78, 5) is 8.29. The Hall–Kier alpha value is -0.590. The number of allylic oxidation sites excluding steroid dienone is 3. The number of rotatable bonds is 4. The second-order valence-electron chi connectivity index (χ2n) is 1.84. The molecule has 2 nitrogen and oxygen atoms in total. The van der Waals surface area contributed by atoms with Crippen LogP contribution in [0, 0.1) is 0 Å². The topological polar surface area (TPSA) is 29.5 Å². The van der Waals surface area contributed by atoms with Gasteiger partial charge in [0.15, 0.2) is 0 Å². The molecule has 0 aliphatic heterocycles. The van der Waals surface area contributed by atoms with Crippen LogP contribution in [-0.4, -0.2) is 4.89 Å². The Morgan fingerprint density at radius 1 is 1.50 bits per heavy atom. The van der Waals surface area contributed by atoms with Crippen molar-refractivity contribution in [3.05, 3.63) is 36.6 Å². The van der Waals surface area contributed by atoms with Gasteiger partial charge in [-0.2, -0.15) is 0 Å². The van der Waals surface area contributed by atoms with Gasteiger partial charge in [-0.3, -0.25) is 0 Å². The Bertz CT molecular complexity index is 161. The highest BCUT2D eigenvalue weighted by molar-refractivity contribution is 7.25. The van der Waals surface area contributed by atoms with Crippen molar-refractivity contribution in [2.45, 2.75) is 6.92 Å². The van der Waals surface area contributed by atoms with Crippen molar-refractivity contribution in [1.82, 2.24) is 0 Å². The van der Waals surface area contributed by atoms with Crippen LogP contribution >= 0.6 is 9.03 Å². The predicted molar refractivity (Wildman–Crippen MR) is 44.7 cm³/mol. The Labute approximate surface area is 62.9 Å². The van der Waals surface area contributed by atoms with Gasteiger partial charge >= 0.3 is 0 Å². The van der Waals surface area contributed by atoms with Gasteiger partial charge in [-0.25, -0.2) is 0 Å². The van der Waals surface area contributed by atoms with Gasteiger partial charge < -0.3 is 9.42 Å². The van der Waals surface area contributed by atoms with E-state index in [-0.39, 0.29) is 0 Å². The van der Waals surface area contributed by atoms with Gasteiger partial charge in [0.25, 0.3) is 0 Å². The average molecular weight is 158 g/mol. The van der Waals surface area contributed by atoms with Crippen molar-refractivity contribution < 1.29 is 9.42 Å². The van der Waals surface area contributed by atoms with Crippen LogP contribution in [0.5, 0.6) is 0 Å². The molecule has 0 aromatic rings. The molecule has 1 unspecified atom stereocenters. The molecular weight excluding hydrogens is 147 g/mol. The summed E-state index contributed by atoms with van der Waals surface area (Å²) in [7, 11) is -0.539. The fourth-order valence-electron chi connectivity index (χ4n) is 0.328. The van der Waals surface area contributed by atoms with Crippen LogP contribution in [0.1, 0.15) is 6.92 Å². The molecule has 0 aliphatic rings. The van der Waals surface area contributed by atoms with E-state index in [0.29, 0.717) is 5.76 Å². The molecule has 3 heteroatoms. The molecule has 0 spiro atoms. The maximum atomic E-state index is 8.29. The van der Waals surface area contributed by atoms with E-state index in [1.165, 1.54) is 0 Å². The Morgan fingerprint density at radius 2 is 2.10 bits per heavy atom. The third kappa shape index (κ3) is 5.54. The second-order valence-corrected chi connectivity index (χ2v) is 2.23. The van der Waals surface area contributed by atoms with Gasteiger partial charge in [-0.05, 0) is 13.0 Å². The first-order chi connectivity index (χ1) is 4.66. The van der Waals surface area contributed by atoms with Crippen molar-refractivity contribution in [2.75, 3.05) is 0 Å². The summed E-state index contributed by atoms with van der Waals surface area (Å²) in [5.74, 6) is 0.448. The van der Waals surface area contributed by atoms with Crippen molar-refractivity contribution in [3.63, 3.8) is 0 Å². The van der Waals surface area contributed by atoms with Crippen LogP contribution in [0.15, 0.2) is 36.6 Å². The van der Waals surface area contributed by atoms with Crippen LogP contribution < -0.4 is 0 Å². The van der Waals surface area contributed by atoms with Crippen LogP contribution in [0.2, 0.25) is 0 Å². The summed E-state index contributed by atoms with van der Waals surface area (Å²) in [5.41, 5.74) is 0.922. The van der Waals surface area contributed by atoms with Crippen LogP contribution in [0.25, 0.3) is 0 Å². The monoisotopic (exact) mass is 158 g/mol. The van der Waals surface area contributed by atoms with Gasteiger partial charge in [0.2, 0.25) is 9.03 Å². The zero-order chi connectivity index (χ0) is 7.98. The maximum absolute atomic E-state index is 8.29. The van der Waals surface area contributed by atoms with E-state index in [1.54, 1.807) is 12.2 Å². The molecule has 0 aliphatic carbocycles. The van der Waals surface area contributed by atoms with Crippen molar-refractivity contribution in [3.8, 4) is 0 Å². The van der Waals surface area contributed by atoms with Gasteiger partial charge in [0, 0.05) is 0 Å². The summed E-state index contributed by atoms with van der Waals surface area (Å²) in [5, 5.41) is 0. The molecule has 0 heterocycles. The molecular formula is C7H11O2P. The molecule has 0 bridgehead atoms. The summed E-state index contributed by atoms with van der Waals surface area (Å²) in [6.45, 7) is 9.02. The predicted octanol–water partition coefficient (Wildman–Crippen LogP) is 2.15. The van der Waals surface area contributed by atoms with E-state index in [9.17, 15) is 0 Å². The number of hydrogen-bond acceptors (Lipinski definition) is 2. The zero-order valence-electron chi connectivity index (χ0n) is 5.92. The molecule has 1 N–H and O–H groups in total. The van der Waals surface area contributed by atoms with Gasteiger partial charge in [0.05, 0.1) is 0 Å². The van der Waals surface area contributed by atoms with E-state index in [1.807, 2.05) is 6.92 Å². The normalized spacial score (nSPS) is 11.0. The molecule has 0 saturated carbocycles. The number of hydrogen-bond donors (Lipinski definition) is 1. The minimum absolute atomic E-state index is 0.448. The molecule has 0 amide bonds.